The van der Waals surface area contributed by atoms with Crippen molar-refractivity contribution in [3.63, 3.8) is 0 Å². The molecule has 0 radical (unpaired) electrons. The molecule has 3 aliphatic heterocycles. The van der Waals surface area contributed by atoms with Gasteiger partial charge in [-0.3, -0.25) is 9.59 Å². The van der Waals surface area contributed by atoms with Crippen LogP contribution < -0.4 is 5.32 Å². The zero-order valence-electron chi connectivity index (χ0n) is 34.1. The number of halogens is 1. The quantitative estimate of drug-likeness (QED) is 0.234. The molecule has 1 amide bonds. The Morgan fingerprint density at radius 3 is 2.46 bits per heavy atom. The minimum Gasteiger partial charge on any atom is -0.455 e. The van der Waals surface area contributed by atoms with E-state index in [4.69, 9.17) is 28.2 Å². The van der Waals surface area contributed by atoms with Gasteiger partial charge in [-0.1, -0.05) is 38.8 Å². The van der Waals surface area contributed by atoms with Gasteiger partial charge >= 0.3 is 12.1 Å². The third-order valence-corrected chi connectivity index (χ3v) is 11.5. The van der Waals surface area contributed by atoms with Gasteiger partial charge < -0.3 is 43.5 Å². The predicted molar refractivity (Wildman–Crippen MR) is 200 cm³/mol. The lowest BCUT2D eigenvalue weighted by Crippen LogP contribution is -2.61. The summed E-state index contributed by atoms with van der Waals surface area (Å²) in [5, 5.41) is 26.1. The Hall–Kier alpha value is -4.34. The Balaban J connectivity index is 1.57. The van der Waals surface area contributed by atoms with Crippen LogP contribution in [0.15, 0.2) is 28.9 Å². The minimum atomic E-state index is -3.23. The van der Waals surface area contributed by atoms with Crippen LogP contribution in [0.3, 0.4) is 0 Å². The van der Waals surface area contributed by atoms with E-state index in [1.807, 2.05) is 11.8 Å². The summed E-state index contributed by atoms with van der Waals surface area (Å²) in [4.78, 5) is 57.0. The molecular formula is C40H54FN5O11. The number of carbonyl (C=O) groups excluding carboxylic acids is 4. The Morgan fingerprint density at radius 2 is 1.81 bits per heavy atom. The van der Waals surface area contributed by atoms with E-state index in [9.17, 15) is 24.3 Å². The van der Waals surface area contributed by atoms with Crippen molar-refractivity contribution in [2.45, 2.75) is 134 Å². The van der Waals surface area contributed by atoms with Crippen LogP contribution >= 0.6 is 0 Å². The van der Waals surface area contributed by atoms with Crippen molar-refractivity contribution in [3.05, 3.63) is 30.2 Å². The van der Waals surface area contributed by atoms with Gasteiger partial charge in [0.15, 0.2) is 17.7 Å². The molecule has 5 rings (SSSR count). The molecule has 2 aromatic heterocycles. The van der Waals surface area contributed by atoms with Crippen LogP contribution in [0.1, 0.15) is 80.4 Å². The lowest BCUT2D eigenvalue weighted by atomic mass is 9.73. The number of likely N-dealkylation sites (N-methyl/N-ethyl adjacent to an activating group) is 1. The van der Waals surface area contributed by atoms with E-state index in [1.165, 1.54) is 20.0 Å². The van der Waals surface area contributed by atoms with Crippen LogP contribution in [0.2, 0.25) is 0 Å². The molecule has 0 aromatic carbocycles. The number of carbonyl (C=O) groups is 4. The maximum Gasteiger partial charge on any atom is 0.408 e. The first-order valence-electron chi connectivity index (χ1n) is 19.2. The third-order valence-electron chi connectivity index (χ3n) is 11.5. The topological polar surface area (TPSA) is 202 Å². The van der Waals surface area contributed by atoms with Gasteiger partial charge in [-0.25, -0.2) is 14.0 Å². The van der Waals surface area contributed by atoms with Gasteiger partial charge in [0.05, 0.1) is 23.9 Å². The number of aliphatic hydroxyl groups excluding tert-OH is 1. The molecule has 3 saturated heterocycles. The van der Waals surface area contributed by atoms with Crippen molar-refractivity contribution in [3.8, 4) is 23.2 Å². The maximum absolute atomic E-state index is 16.8. The monoisotopic (exact) mass is 799 g/mol. The number of rotatable bonds is 7. The summed E-state index contributed by atoms with van der Waals surface area (Å²) in [6.45, 7) is 11.7. The van der Waals surface area contributed by atoms with Crippen LogP contribution in [0.4, 0.5) is 9.18 Å². The second-order valence-corrected chi connectivity index (χ2v) is 16.2. The standard InChI is InChI=1S/C40H54FN5O11/c1-11-29-40(8)32(43-37(51)56-40)23(4)30(47)21(2)20-38(6,52-17-13-14-25-19-27(45-57-25)26-15-12-16-42-44-26)34(24(5)33(49)39(7,41)36(50)54-29)55-35-31(48)28(46(9)10)18-22(3)53-35/h12,15-16,19,21-24,28-29,31-32,34-35,48H,11,17-18,20H2,1-10H3,(H,43,51)/t21-,22-,23+,24+,28+,29+,31-,32-,34-,35+,38+,39+,40-/m1/s1. The summed E-state index contributed by atoms with van der Waals surface area (Å²) in [6.07, 6.45) is -4.51. The van der Waals surface area contributed by atoms with Crippen molar-refractivity contribution < 1.29 is 56.9 Å². The summed E-state index contributed by atoms with van der Waals surface area (Å²) >= 11 is 0. The number of cyclic esters (lactones) is 1. The number of Topliss-reactive ketones (excluding diaryl/α,β-unsaturated/α-hetero) is 2. The van der Waals surface area contributed by atoms with Gasteiger partial charge in [0, 0.05) is 36.1 Å². The molecule has 2 N–H and O–H groups in total. The van der Waals surface area contributed by atoms with Crippen molar-refractivity contribution in [2.75, 3.05) is 20.7 Å². The number of alkyl halides is 1. The number of hydrogen-bond acceptors (Lipinski definition) is 15. The number of nitrogens with zero attached hydrogens (tertiary/aromatic N) is 4. The second-order valence-electron chi connectivity index (χ2n) is 16.2. The molecule has 3 fully saturated rings. The van der Waals surface area contributed by atoms with Gasteiger partial charge in [-0.05, 0) is 79.1 Å². The second kappa shape index (κ2) is 17.3. The highest BCUT2D eigenvalue weighted by Gasteiger charge is 2.59. The van der Waals surface area contributed by atoms with Gasteiger partial charge in [-0.2, -0.15) is 5.10 Å². The average molecular weight is 800 g/mol. The molecule has 0 aliphatic carbocycles. The number of aliphatic hydroxyl groups is 1. The van der Waals surface area contributed by atoms with Crippen LogP contribution in [-0.2, 0) is 38.1 Å². The minimum absolute atomic E-state index is 0.0700. The molecule has 16 nitrogen and oxygen atoms in total. The Bertz CT molecular complexity index is 1850. The normalized spacial score (nSPS) is 38.0. The van der Waals surface area contributed by atoms with Crippen molar-refractivity contribution in [1.82, 2.24) is 25.6 Å². The number of ketones is 2. The zero-order chi connectivity index (χ0) is 42.0. The van der Waals surface area contributed by atoms with E-state index in [0.29, 0.717) is 17.8 Å². The smallest absolute Gasteiger partial charge is 0.408 e. The molecule has 17 heteroatoms. The number of esters is 1. The van der Waals surface area contributed by atoms with Crippen LogP contribution in [0, 0.1) is 29.6 Å². The summed E-state index contributed by atoms with van der Waals surface area (Å²) < 4.78 is 52.7. The fourth-order valence-electron chi connectivity index (χ4n) is 8.35. The Morgan fingerprint density at radius 1 is 1.09 bits per heavy atom. The van der Waals surface area contributed by atoms with Gasteiger partial charge in [0.1, 0.15) is 36.0 Å². The lowest BCUT2D eigenvalue weighted by molar-refractivity contribution is -0.296. The number of nitrogens with one attached hydrogen (secondary N) is 1. The van der Waals surface area contributed by atoms with Gasteiger partial charge in [0.2, 0.25) is 5.76 Å². The zero-order valence-corrected chi connectivity index (χ0v) is 34.1. The highest BCUT2D eigenvalue weighted by Crippen LogP contribution is 2.41. The third kappa shape index (κ3) is 9.05. The molecular weight excluding hydrogens is 745 g/mol. The average Bonchev–Trinajstić information content (AvgIpc) is 3.77. The first-order chi connectivity index (χ1) is 26.7. The number of amides is 1. The van der Waals surface area contributed by atoms with E-state index in [2.05, 4.69) is 32.5 Å². The van der Waals surface area contributed by atoms with E-state index >= 15 is 4.39 Å². The molecule has 312 valence electrons. The number of aromatic nitrogens is 3. The summed E-state index contributed by atoms with van der Waals surface area (Å²) in [5.41, 5.74) is -5.58. The van der Waals surface area contributed by atoms with Crippen LogP contribution in [0.25, 0.3) is 11.4 Å². The predicted octanol–water partition coefficient (Wildman–Crippen LogP) is 3.44. The fourth-order valence-corrected chi connectivity index (χ4v) is 8.35. The molecule has 0 unspecified atom stereocenters. The van der Waals surface area contributed by atoms with E-state index in [0.717, 1.165) is 6.92 Å². The summed E-state index contributed by atoms with van der Waals surface area (Å²) in [6, 6.07) is 3.57. The van der Waals surface area contributed by atoms with E-state index in [-0.39, 0.29) is 31.0 Å². The Labute approximate surface area is 331 Å². The number of alkyl carbamates (subject to hydrolysis) is 1. The summed E-state index contributed by atoms with van der Waals surface area (Å²) in [7, 11) is 3.60. The molecule has 3 aliphatic rings. The Kier molecular flexibility index (Phi) is 13.3. The largest absolute Gasteiger partial charge is 0.455 e. The van der Waals surface area contributed by atoms with Crippen molar-refractivity contribution in [1.29, 1.82) is 0 Å². The molecule has 0 bridgehead atoms. The van der Waals surface area contributed by atoms with Crippen molar-refractivity contribution >= 4 is 23.6 Å². The van der Waals surface area contributed by atoms with Gasteiger partial charge in [-0.15, -0.1) is 5.10 Å². The van der Waals surface area contributed by atoms with Gasteiger partial charge in [0.25, 0.3) is 5.67 Å². The number of hydrogen-bond donors (Lipinski definition) is 2. The molecule has 13 atom stereocenters. The molecule has 57 heavy (non-hydrogen) atoms. The summed E-state index contributed by atoms with van der Waals surface area (Å²) in [5.74, 6) is -0.306. The number of ether oxygens (including phenoxy) is 5. The SMILES string of the molecule is CC[C@@H]1OC(=O)[C@@](C)(F)C(=O)[C@H](C)[C@@H](O[C@@H]2O[C@H](C)C[C@H](N(C)C)[C@H]2O)[C@@](C)(OCC#Cc2cc(-c3cccnn3)no2)C[C@@H](C)C(=O)[C@H](C)[C@H]2NC(=O)O[C@]12C. The first-order valence-corrected chi connectivity index (χ1v) is 19.2. The molecule has 0 spiro atoms. The van der Waals surface area contributed by atoms with E-state index in [1.54, 1.807) is 60.0 Å². The van der Waals surface area contributed by atoms with Crippen LogP contribution in [0.5, 0.6) is 0 Å². The highest BCUT2D eigenvalue weighted by molar-refractivity contribution is 6.08. The lowest BCUT2D eigenvalue weighted by Gasteiger charge is -2.47. The highest BCUT2D eigenvalue weighted by atomic mass is 19.1. The molecule has 2 aromatic rings. The molecule has 0 saturated carbocycles. The van der Waals surface area contributed by atoms with Crippen LogP contribution in [-0.4, -0.2) is 129 Å². The number of fused-ring (bicyclic) bond motifs is 1. The molecule has 5 heterocycles. The van der Waals surface area contributed by atoms with Crippen molar-refractivity contribution in [2.24, 2.45) is 17.8 Å². The maximum atomic E-state index is 16.8. The first kappa shape index (κ1) is 43.8. The fraction of sp³-hybridized carbons (Fsp3) is 0.675. The van der Waals surface area contributed by atoms with E-state index < -0.39 is 95.3 Å².